The smallest absolute Gasteiger partial charge is 0.216 e. The van der Waals surface area contributed by atoms with Crippen molar-refractivity contribution in [3.05, 3.63) is 0 Å². The van der Waals surface area contributed by atoms with Gasteiger partial charge in [-0.25, -0.2) is 0 Å². The van der Waals surface area contributed by atoms with Gasteiger partial charge in [0, 0.05) is 13.5 Å². The summed E-state index contributed by atoms with van der Waals surface area (Å²) in [7, 11) is 0. The molecule has 0 aromatic heterocycles. The molecule has 18 heavy (non-hydrogen) atoms. The van der Waals surface area contributed by atoms with E-state index < -0.39 is 0 Å². The largest absolute Gasteiger partial charge is 0.356 e. The Hall–Kier alpha value is -0.650. The predicted octanol–water partition coefficient (Wildman–Crippen LogP) is 0.211. The van der Waals surface area contributed by atoms with Crippen LogP contribution in [0.4, 0.5) is 0 Å². The molecule has 0 aliphatic rings. The second kappa shape index (κ2) is 14.4. The van der Waals surface area contributed by atoms with Crippen LogP contribution in [0.2, 0.25) is 0 Å². The number of hydrogen-bond acceptors (Lipinski definition) is 4. The van der Waals surface area contributed by atoms with Crippen LogP contribution in [-0.2, 0) is 4.79 Å². The highest BCUT2D eigenvalue weighted by atomic mass is 16.1. The Balaban J connectivity index is 2.92. The van der Waals surface area contributed by atoms with Crippen LogP contribution in [-0.4, -0.2) is 45.2 Å². The maximum absolute atomic E-state index is 10.6. The Labute approximate surface area is 111 Å². The zero-order valence-corrected chi connectivity index (χ0v) is 11.8. The summed E-state index contributed by atoms with van der Waals surface area (Å²) in [6, 6.07) is 0. The molecule has 0 bridgehead atoms. The van der Waals surface area contributed by atoms with Crippen molar-refractivity contribution in [2.24, 2.45) is 5.73 Å². The highest BCUT2D eigenvalue weighted by Gasteiger charge is 1.92. The van der Waals surface area contributed by atoms with Crippen molar-refractivity contribution in [2.75, 3.05) is 39.3 Å². The number of unbranched alkanes of at least 4 members (excludes halogenated alkanes) is 2. The molecule has 0 radical (unpaired) electrons. The summed E-state index contributed by atoms with van der Waals surface area (Å²) >= 11 is 0. The van der Waals surface area contributed by atoms with E-state index in [2.05, 4.69) is 16.0 Å². The summed E-state index contributed by atoms with van der Waals surface area (Å²) < 4.78 is 0. The standard InChI is InChI=1S/C13H30N4O/c1-13(18)17-12-6-11-16-10-5-4-9-15-8-3-2-7-14/h15-16H,2-12,14H2,1H3,(H,17,18). The first-order valence-corrected chi connectivity index (χ1v) is 7.13. The molecule has 0 spiro atoms. The molecule has 0 unspecified atom stereocenters. The molecule has 5 N–H and O–H groups in total. The molecule has 5 heteroatoms. The first-order valence-electron chi connectivity index (χ1n) is 7.13. The van der Waals surface area contributed by atoms with E-state index in [4.69, 9.17) is 5.73 Å². The fraction of sp³-hybridized carbons (Fsp3) is 0.923. The number of hydrogen-bond donors (Lipinski definition) is 4. The lowest BCUT2D eigenvalue weighted by Crippen LogP contribution is -2.26. The van der Waals surface area contributed by atoms with Crippen LogP contribution in [0.25, 0.3) is 0 Å². The molecule has 108 valence electrons. The molecule has 1 amide bonds. The Kier molecular flexibility index (Phi) is 13.9. The van der Waals surface area contributed by atoms with Gasteiger partial charge in [0.05, 0.1) is 0 Å². The Morgan fingerprint density at radius 3 is 1.83 bits per heavy atom. The lowest BCUT2D eigenvalue weighted by Gasteiger charge is -2.06. The molecule has 0 saturated carbocycles. The third-order valence-electron chi connectivity index (χ3n) is 2.67. The van der Waals surface area contributed by atoms with Gasteiger partial charge in [-0.15, -0.1) is 0 Å². The highest BCUT2D eigenvalue weighted by Crippen LogP contribution is 1.87. The van der Waals surface area contributed by atoms with Crippen LogP contribution in [0.5, 0.6) is 0 Å². The quantitative estimate of drug-likeness (QED) is 0.356. The summed E-state index contributed by atoms with van der Waals surface area (Å²) in [5.74, 6) is 0.0516. The van der Waals surface area contributed by atoms with Crippen molar-refractivity contribution < 1.29 is 4.79 Å². The van der Waals surface area contributed by atoms with E-state index in [1.165, 1.54) is 19.3 Å². The van der Waals surface area contributed by atoms with Gasteiger partial charge >= 0.3 is 0 Å². The monoisotopic (exact) mass is 258 g/mol. The van der Waals surface area contributed by atoms with Crippen LogP contribution < -0.4 is 21.7 Å². The second-order valence-corrected chi connectivity index (χ2v) is 4.54. The van der Waals surface area contributed by atoms with Crippen LogP contribution >= 0.6 is 0 Å². The SMILES string of the molecule is CC(=O)NCCCNCCCCNCCCCN. The van der Waals surface area contributed by atoms with E-state index in [-0.39, 0.29) is 5.91 Å². The normalized spacial score (nSPS) is 10.6. The van der Waals surface area contributed by atoms with Crippen molar-refractivity contribution in [2.45, 2.75) is 39.0 Å². The molecule has 0 aliphatic heterocycles. The zero-order chi connectivity index (χ0) is 13.5. The number of carbonyl (C=O) groups is 1. The van der Waals surface area contributed by atoms with Gasteiger partial charge in [0.1, 0.15) is 0 Å². The van der Waals surface area contributed by atoms with Crippen LogP contribution in [0.15, 0.2) is 0 Å². The fourth-order valence-corrected chi connectivity index (χ4v) is 1.62. The Morgan fingerprint density at radius 1 is 0.833 bits per heavy atom. The first-order chi connectivity index (χ1) is 8.77. The topological polar surface area (TPSA) is 79.2 Å². The number of amides is 1. The minimum Gasteiger partial charge on any atom is -0.356 e. The van der Waals surface area contributed by atoms with Crippen molar-refractivity contribution >= 4 is 5.91 Å². The van der Waals surface area contributed by atoms with Crippen LogP contribution in [0, 0.1) is 0 Å². The second-order valence-electron chi connectivity index (χ2n) is 4.54. The molecule has 0 aliphatic carbocycles. The number of carbonyl (C=O) groups excluding carboxylic acids is 1. The molecule has 5 nitrogen and oxygen atoms in total. The fourth-order valence-electron chi connectivity index (χ4n) is 1.62. The van der Waals surface area contributed by atoms with E-state index in [0.717, 1.165) is 52.1 Å². The van der Waals surface area contributed by atoms with E-state index in [9.17, 15) is 4.79 Å². The lowest BCUT2D eigenvalue weighted by molar-refractivity contribution is -0.118. The van der Waals surface area contributed by atoms with Gasteiger partial charge in [-0.1, -0.05) is 0 Å². The minimum absolute atomic E-state index is 0.0516. The summed E-state index contributed by atoms with van der Waals surface area (Å²) in [4.78, 5) is 10.6. The molecular formula is C13H30N4O. The number of rotatable bonds is 13. The molecule has 0 rings (SSSR count). The maximum Gasteiger partial charge on any atom is 0.216 e. The predicted molar refractivity (Wildman–Crippen MR) is 76.6 cm³/mol. The third kappa shape index (κ3) is 15.4. The van der Waals surface area contributed by atoms with Gasteiger partial charge in [0.15, 0.2) is 0 Å². The Morgan fingerprint density at radius 2 is 1.33 bits per heavy atom. The summed E-state index contributed by atoms with van der Waals surface area (Å²) in [6.45, 7) is 7.33. The third-order valence-corrected chi connectivity index (χ3v) is 2.67. The van der Waals surface area contributed by atoms with Gasteiger partial charge in [-0.2, -0.15) is 0 Å². The summed E-state index contributed by atoms with van der Waals surface area (Å²) in [5.41, 5.74) is 5.42. The van der Waals surface area contributed by atoms with E-state index in [0.29, 0.717) is 0 Å². The molecule has 0 atom stereocenters. The van der Waals surface area contributed by atoms with Crippen molar-refractivity contribution in [1.29, 1.82) is 0 Å². The number of nitrogens with one attached hydrogen (secondary N) is 3. The van der Waals surface area contributed by atoms with Gasteiger partial charge in [0.2, 0.25) is 5.91 Å². The van der Waals surface area contributed by atoms with Crippen molar-refractivity contribution in [3.8, 4) is 0 Å². The zero-order valence-electron chi connectivity index (χ0n) is 11.8. The molecule has 0 aromatic rings. The molecular weight excluding hydrogens is 228 g/mol. The minimum atomic E-state index is 0.0516. The van der Waals surface area contributed by atoms with Crippen LogP contribution in [0.1, 0.15) is 39.0 Å². The lowest BCUT2D eigenvalue weighted by atomic mass is 10.3. The van der Waals surface area contributed by atoms with Crippen LogP contribution in [0.3, 0.4) is 0 Å². The van der Waals surface area contributed by atoms with E-state index in [1.807, 2.05) is 0 Å². The molecule has 0 saturated heterocycles. The van der Waals surface area contributed by atoms with Gasteiger partial charge < -0.3 is 21.7 Å². The summed E-state index contributed by atoms with van der Waals surface area (Å²) in [5, 5.41) is 9.57. The maximum atomic E-state index is 10.6. The number of nitrogens with two attached hydrogens (primary N) is 1. The average Bonchev–Trinajstić information content (AvgIpc) is 2.34. The van der Waals surface area contributed by atoms with Gasteiger partial charge in [-0.05, 0) is 64.8 Å². The van der Waals surface area contributed by atoms with Gasteiger partial charge in [0.25, 0.3) is 0 Å². The Bertz CT molecular complexity index is 188. The first kappa shape index (κ1) is 17.4. The van der Waals surface area contributed by atoms with Crippen molar-refractivity contribution in [1.82, 2.24) is 16.0 Å². The van der Waals surface area contributed by atoms with Gasteiger partial charge in [-0.3, -0.25) is 4.79 Å². The van der Waals surface area contributed by atoms with Crippen molar-refractivity contribution in [3.63, 3.8) is 0 Å². The molecule has 0 aromatic carbocycles. The molecule has 0 heterocycles. The van der Waals surface area contributed by atoms with E-state index >= 15 is 0 Å². The average molecular weight is 258 g/mol. The molecule has 0 fully saturated rings. The van der Waals surface area contributed by atoms with E-state index in [1.54, 1.807) is 6.92 Å². The highest BCUT2D eigenvalue weighted by molar-refractivity contribution is 5.72. The summed E-state index contributed by atoms with van der Waals surface area (Å²) in [6.07, 6.45) is 5.70.